The van der Waals surface area contributed by atoms with Crippen molar-refractivity contribution in [3.05, 3.63) is 0 Å². The molecule has 70 valence electrons. The second-order valence-electron chi connectivity index (χ2n) is 3.00. The number of ether oxygens (including phenoxy) is 1. The van der Waals surface area contributed by atoms with E-state index >= 15 is 0 Å². The molecule has 0 rings (SSSR count). The van der Waals surface area contributed by atoms with Crippen molar-refractivity contribution < 1.29 is 4.74 Å². The van der Waals surface area contributed by atoms with Gasteiger partial charge in [-0.1, -0.05) is 26.7 Å². The first-order valence-electron chi connectivity index (χ1n) is 4.83. The second kappa shape index (κ2) is 8.55. The molecule has 1 unspecified atom stereocenters. The molecule has 0 aliphatic heterocycles. The van der Waals surface area contributed by atoms with Crippen molar-refractivity contribution in [2.75, 3.05) is 6.61 Å². The van der Waals surface area contributed by atoms with E-state index in [1.54, 1.807) is 0 Å². The van der Waals surface area contributed by atoms with Crippen LogP contribution in [0, 0.1) is 11.3 Å². The Hall–Kier alpha value is -0.550. The van der Waals surface area contributed by atoms with E-state index in [0.717, 1.165) is 32.3 Å². The van der Waals surface area contributed by atoms with Crippen molar-refractivity contribution in [1.29, 1.82) is 5.26 Å². The van der Waals surface area contributed by atoms with Gasteiger partial charge in [0.1, 0.15) is 0 Å². The van der Waals surface area contributed by atoms with E-state index in [4.69, 9.17) is 10.00 Å². The predicted molar refractivity (Wildman–Crippen MR) is 49.8 cm³/mol. The van der Waals surface area contributed by atoms with Crippen LogP contribution in [0.5, 0.6) is 0 Å². The first-order valence-corrected chi connectivity index (χ1v) is 4.83. The smallest absolute Gasteiger partial charge is 0.0704 e. The second-order valence-corrected chi connectivity index (χ2v) is 3.00. The van der Waals surface area contributed by atoms with Gasteiger partial charge in [-0.05, 0) is 12.8 Å². The Balaban J connectivity index is 3.42. The monoisotopic (exact) mass is 169 g/mol. The number of hydrogen-bond donors (Lipinski definition) is 0. The van der Waals surface area contributed by atoms with Crippen LogP contribution in [0.3, 0.4) is 0 Å². The largest absolute Gasteiger partial charge is 0.377 e. The van der Waals surface area contributed by atoms with E-state index in [9.17, 15) is 0 Å². The summed E-state index contributed by atoms with van der Waals surface area (Å²) in [6.45, 7) is 5.07. The quantitative estimate of drug-likeness (QED) is 0.549. The van der Waals surface area contributed by atoms with Gasteiger partial charge in [0.2, 0.25) is 0 Å². The average Bonchev–Trinajstić information content (AvgIpc) is 2.06. The summed E-state index contributed by atoms with van der Waals surface area (Å²) in [7, 11) is 0. The predicted octanol–water partition coefficient (Wildman–Crippen LogP) is 2.89. The molecule has 12 heavy (non-hydrogen) atoms. The van der Waals surface area contributed by atoms with Crippen molar-refractivity contribution in [2.45, 2.75) is 52.1 Å². The summed E-state index contributed by atoms with van der Waals surface area (Å²) in [5.41, 5.74) is 0. The van der Waals surface area contributed by atoms with Gasteiger partial charge in [-0.25, -0.2) is 0 Å². The number of nitriles is 1. The number of unbranched alkanes of at least 4 members (excludes halogenated alkanes) is 1. The topological polar surface area (TPSA) is 33.0 Å². The maximum Gasteiger partial charge on any atom is 0.0704 e. The Bertz CT molecular complexity index is 128. The Morgan fingerprint density at radius 2 is 2.08 bits per heavy atom. The average molecular weight is 169 g/mol. The zero-order valence-electron chi connectivity index (χ0n) is 8.18. The van der Waals surface area contributed by atoms with Crippen LogP contribution in [0.2, 0.25) is 0 Å². The molecular formula is C10H19NO. The zero-order valence-corrected chi connectivity index (χ0v) is 8.18. The normalized spacial score (nSPS) is 12.4. The summed E-state index contributed by atoms with van der Waals surface area (Å²) in [6, 6.07) is 2.15. The minimum atomic E-state index is 0.173. The summed E-state index contributed by atoms with van der Waals surface area (Å²) in [5, 5.41) is 8.49. The lowest BCUT2D eigenvalue weighted by atomic mass is 10.1. The fourth-order valence-electron chi connectivity index (χ4n) is 1.06. The first kappa shape index (κ1) is 11.4. The third-order valence-corrected chi connectivity index (χ3v) is 1.78. The van der Waals surface area contributed by atoms with Gasteiger partial charge in [0.05, 0.1) is 18.6 Å². The minimum Gasteiger partial charge on any atom is -0.377 e. The molecule has 0 aromatic heterocycles. The molecule has 0 saturated carbocycles. The molecular weight excluding hydrogens is 150 g/mol. The van der Waals surface area contributed by atoms with E-state index in [-0.39, 0.29) is 6.10 Å². The van der Waals surface area contributed by atoms with Crippen LogP contribution in [0.4, 0.5) is 0 Å². The molecule has 0 aliphatic carbocycles. The van der Waals surface area contributed by atoms with E-state index in [2.05, 4.69) is 19.9 Å². The molecule has 0 N–H and O–H groups in total. The maximum absolute atomic E-state index is 8.49. The van der Waals surface area contributed by atoms with Crippen molar-refractivity contribution in [3.8, 4) is 6.07 Å². The Morgan fingerprint density at radius 1 is 1.33 bits per heavy atom. The van der Waals surface area contributed by atoms with E-state index in [0.29, 0.717) is 6.42 Å². The van der Waals surface area contributed by atoms with Crippen LogP contribution < -0.4 is 0 Å². The standard InChI is InChI=1S/C10H19NO/c1-3-5-9-12-10(6-4-2)7-8-11/h10H,3-7,9H2,1-2H3. The van der Waals surface area contributed by atoms with Crippen LogP contribution in [0.25, 0.3) is 0 Å². The summed E-state index contributed by atoms with van der Waals surface area (Å²) >= 11 is 0. The Labute approximate surface area is 75.5 Å². The van der Waals surface area contributed by atoms with E-state index in [1.165, 1.54) is 0 Å². The summed E-state index contributed by atoms with van der Waals surface area (Å²) in [6.07, 6.45) is 5.08. The van der Waals surface area contributed by atoms with Crippen LogP contribution >= 0.6 is 0 Å². The molecule has 0 saturated heterocycles. The van der Waals surface area contributed by atoms with Crippen LogP contribution in [-0.4, -0.2) is 12.7 Å². The number of nitrogens with zero attached hydrogens (tertiary/aromatic N) is 1. The maximum atomic E-state index is 8.49. The summed E-state index contributed by atoms with van der Waals surface area (Å²) in [4.78, 5) is 0. The van der Waals surface area contributed by atoms with Gasteiger partial charge in [-0.3, -0.25) is 0 Å². The van der Waals surface area contributed by atoms with Crippen LogP contribution in [-0.2, 0) is 4.74 Å². The number of hydrogen-bond acceptors (Lipinski definition) is 2. The Kier molecular flexibility index (Phi) is 8.15. The minimum absolute atomic E-state index is 0.173. The lowest BCUT2D eigenvalue weighted by Gasteiger charge is -2.13. The van der Waals surface area contributed by atoms with E-state index < -0.39 is 0 Å². The molecule has 0 aromatic carbocycles. The summed E-state index contributed by atoms with van der Waals surface area (Å²) in [5.74, 6) is 0. The molecule has 2 nitrogen and oxygen atoms in total. The third kappa shape index (κ3) is 6.18. The molecule has 0 bridgehead atoms. The van der Waals surface area contributed by atoms with Gasteiger partial charge in [-0.2, -0.15) is 5.26 Å². The van der Waals surface area contributed by atoms with Crippen molar-refractivity contribution in [3.63, 3.8) is 0 Å². The fourth-order valence-corrected chi connectivity index (χ4v) is 1.06. The van der Waals surface area contributed by atoms with Crippen molar-refractivity contribution in [1.82, 2.24) is 0 Å². The molecule has 0 heterocycles. The van der Waals surface area contributed by atoms with Gasteiger partial charge in [0, 0.05) is 6.61 Å². The van der Waals surface area contributed by atoms with Gasteiger partial charge in [0.15, 0.2) is 0 Å². The molecule has 0 aromatic rings. The van der Waals surface area contributed by atoms with Crippen molar-refractivity contribution in [2.24, 2.45) is 0 Å². The molecule has 0 radical (unpaired) electrons. The molecule has 0 amide bonds. The lowest BCUT2D eigenvalue weighted by molar-refractivity contribution is 0.0483. The van der Waals surface area contributed by atoms with E-state index in [1.807, 2.05) is 0 Å². The first-order chi connectivity index (χ1) is 5.85. The molecule has 0 aliphatic rings. The summed E-state index contributed by atoms with van der Waals surface area (Å²) < 4.78 is 5.54. The van der Waals surface area contributed by atoms with Crippen LogP contribution in [0.1, 0.15) is 46.0 Å². The molecule has 2 heteroatoms. The van der Waals surface area contributed by atoms with Gasteiger partial charge in [0.25, 0.3) is 0 Å². The SMILES string of the molecule is CCCCOC(CC#N)CCC. The van der Waals surface area contributed by atoms with Crippen molar-refractivity contribution >= 4 is 0 Å². The highest BCUT2D eigenvalue weighted by Gasteiger charge is 2.05. The van der Waals surface area contributed by atoms with Gasteiger partial charge < -0.3 is 4.74 Å². The van der Waals surface area contributed by atoms with Crippen LogP contribution in [0.15, 0.2) is 0 Å². The lowest BCUT2D eigenvalue weighted by Crippen LogP contribution is -2.12. The Morgan fingerprint density at radius 3 is 2.58 bits per heavy atom. The fraction of sp³-hybridized carbons (Fsp3) is 0.900. The molecule has 0 spiro atoms. The third-order valence-electron chi connectivity index (χ3n) is 1.78. The number of rotatable bonds is 7. The van der Waals surface area contributed by atoms with Gasteiger partial charge in [-0.15, -0.1) is 0 Å². The van der Waals surface area contributed by atoms with Gasteiger partial charge >= 0.3 is 0 Å². The molecule has 1 atom stereocenters. The highest BCUT2D eigenvalue weighted by Crippen LogP contribution is 2.06. The molecule has 0 fully saturated rings. The highest BCUT2D eigenvalue weighted by molar-refractivity contribution is 4.75. The zero-order chi connectivity index (χ0) is 9.23. The highest BCUT2D eigenvalue weighted by atomic mass is 16.5.